The van der Waals surface area contributed by atoms with Crippen molar-refractivity contribution < 1.29 is 14.3 Å². The van der Waals surface area contributed by atoms with Crippen LogP contribution in [-0.2, 0) is 14.3 Å². The highest BCUT2D eigenvalue weighted by molar-refractivity contribution is 5.69. The van der Waals surface area contributed by atoms with Crippen LogP contribution in [0.15, 0.2) is 12.2 Å². The van der Waals surface area contributed by atoms with Gasteiger partial charge in [0.25, 0.3) is 0 Å². The molecule has 1 rings (SSSR count). The van der Waals surface area contributed by atoms with Crippen molar-refractivity contribution in [2.45, 2.75) is 51.4 Å². The summed E-state index contributed by atoms with van der Waals surface area (Å²) in [6, 6.07) is 0. The molecule has 3 nitrogen and oxygen atoms in total. The standard InChI is InChI=1S/C14H22O3/c1-17-13(16)8-4-2-5-9-14(12-15)10-6-3-7-11-14/h2,5,12H,3-4,6-11H2,1H3/b5-2+. The molecule has 0 radical (unpaired) electrons. The van der Waals surface area contributed by atoms with Crippen molar-refractivity contribution >= 4 is 12.3 Å². The average Bonchev–Trinajstić information content (AvgIpc) is 2.39. The van der Waals surface area contributed by atoms with Crippen LogP contribution >= 0.6 is 0 Å². The van der Waals surface area contributed by atoms with Gasteiger partial charge in [-0.2, -0.15) is 0 Å². The monoisotopic (exact) mass is 238 g/mol. The lowest BCUT2D eigenvalue weighted by molar-refractivity contribution is -0.140. The van der Waals surface area contributed by atoms with Gasteiger partial charge < -0.3 is 9.53 Å². The summed E-state index contributed by atoms with van der Waals surface area (Å²) < 4.78 is 4.56. The summed E-state index contributed by atoms with van der Waals surface area (Å²) in [6.07, 6.45) is 12.7. The minimum atomic E-state index is -0.183. The first-order chi connectivity index (χ1) is 8.22. The molecule has 0 aromatic rings. The van der Waals surface area contributed by atoms with E-state index in [1.54, 1.807) is 0 Å². The quantitative estimate of drug-likeness (QED) is 0.406. The summed E-state index contributed by atoms with van der Waals surface area (Å²) in [6.45, 7) is 0. The molecule has 17 heavy (non-hydrogen) atoms. The number of hydrogen-bond acceptors (Lipinski definition) is 3. The maximum Gasteiger partial charge on any atom is 0.305 e. The van der Waals surface area contributed by atoms with E-state index in [1.807, 2.05) is 12.2 Å². The number of hydrogen-bond donors (Lipinski definition) is 0. The second kappa shape index (κ2) is 7.25. The largest absolute Gasteiger partial charge is 0.469 e. The molecule has 1 aliphatic carbocycles. The van der Waals surface area contributed by atoms with E-state index in [9.17, 15) is 9.59 Å². The second-order valence-corrected chi connectivity index (χ2v) is 4.83. The van der Waals surface area contributed by atoms with Crippen molar-refractivity contribution in [3.05, 3.63) is 12.2 Å². The molecule has 0 aromatic carbocycles. The number of allylic oxidation sites excluding steroid dienone is 2. The van der Waals surface area contributed by atoms with E-state index in [-0.39, 0.29) is 11.4 Å². The van der Waals surface area contributed by atoms with E-state index in [1.165, 1.54) is 13.5 Å². The number of carbonyl (C=O) groups excluding carboxylic acids is 2. The molecule has 0 amide bonds. The van der Waals surface area contributed by atoms with Gasteiger partial charge in [0.05, 0.1) is 7.11 Å². The van der Waals surface area contributed by atoms with Crippen LogP contribution in [0, 0.1) is 5.41 Å². The number of esters is 1. The predicted molar refractivity (Wildman–Crippen MR) is 66.6 cm³/mol. The summed E-state index contributed by atoms with van der Waals surface area (Å²) in [5.41, 5.74) is -0.125. The molecule has 96 valence electrons. The van der Waals surface area contributed by atoms with Crippen LogP contribution in [0.25, 0.3) is 0 Å². The Kier molecular flexibility index (Phi) is 5.95. The molecular weight excluding hydrogens is 216 g/mol. The fourth-order valence-corrected chi connectivity index (χ4v) is 2.37. The van der Waals surface area contributed by atoms with E-state index in [4.69, 9.17) is 0 Å². The number of carbonyl (C=O) groups is 2. The molecule has 0 saturated heterocycles. The molecule has 0 bridgehead atoms. The summed E-state index contributed by atoms with van der Waals surface area (Å²) in [5.74, 6) is -0.183. The van der Waals surface area contributed by atoms with Gasteiger partial charge in [-0.1, -0.05) is 31.4 Å². The molecular formula is C14H22O3. The lowest BCUT2D eigenvalue weighted by atomic mass is 9.73. The molecule has 0 aliphatic heterocycles. The molecule has 1 aliphatic rings. The van der Waals surface area contributed by atoms with Crippen molar-refractivity contribution in [1.82, 2.24) is 0 Å². The van der Waals surface area contributed by atoms with Crippen LogP contribution in [0.5, 0.6) is 0 Å². The molecule has 0 unspecified atom stereocenters. The fourth-order valence-electron chi connectivity index (χ4n) is 2.37. The first-order valence-corrected chi connectivity index (χ1v) is 6.40. The van der Waals surface area contributed by atoms with Gasteiger partial charge in [-0.15, -0.1) is 0 Å². The highest BCUT2D eigenvalue weighted by atomic mass is 16.5. The average molecular weight is 238 g/mol. The van der Waals surface area contributed by atoms with Crippen molar-refractivity contribution in [3.8, 4) is 0 Å². The van der Waals surface area contributed by atoms with Crippen LogP contribution in [0.1, 0.15) is 51.4 Å². The third-order valence-electron chi connectivity index (χ3n) is 3.53. The molecule has 0 heterocycles. The van der Waals surface area contributed by atoms with Gasteiger partial charge in [0.1, 0.15) is 6.29 Å². The SMILES string of the molecule is COC(=O)CC/C=C/CC1(C=O)CCCCC1. The Labute approximate surface area is 103 Å². The zero-order valence-electron chi connectivity index (χ0n) is 10.6. The third-order valence-corrected chi connectivity index (χ3v) is 3.53. The van der Waals surface area contributed by atoms with E-state index in [0.717, 1.165) is 38.4 Å². The van der Waals surface area contributed by atoms with Gasteiger partial charge >= 0.3 is 5.97 Å². The maximum atomic E-state index is 11.2. The Hall–Kier alpha value is -1.12. The summed E-state index contributed by atoms with van der Waals surface area (Å²) in [5, 5.41) is 0. The Morgan fingerprint density at radius 1 is 1.24 bits per heavy atom. The molecule has 3 heteroatoms. The summed E-state index contributed by atoms with van der Waals surface area (Å²) in [7, 11) is 1.40. The summed E-state index contributed by atoms with van der Waals surface area (Å²) in [4.78, 5) is 22.1. The second-order valence-electron chi connectivity index (χ2n) is 4.83. The fraction of sp³-hybridized carbons (Fsp3) is 0.714. The molecule has 0 N–H and O–H groups in total. The lowest BCUT2D eigenvalue weighted by Crippen LogP contribution is -2.24. The highest BCUT2D eigenvalue weighted by Crippen LogP contribution is 2.37. The van der Waals surface area contributed by atoms with Crippen LogP contribution in [0.3, 0.4) is 0 Å². The van der Waals surface area contributed by atoms with Crippen LogP contribution < -0.4 is 0 Å². The van der Waals surface area contributed by atoms with Crippen molar-refractivity contribution in [1.29, 1.82) is 0 Å². The van der Waals surface area contributed by atoms with Gasteiger partial charge in [-0.25, -0.2) is 0 Å². The summed E-state index contributed by atoms with van der Waals surface area (Å²) >= 11 is 0. The van der Waals surface area contributed by atoms with Crippen LogP contribution in [-0.4, -0.2) is 19.4 Å². The number of ether oxygens (including phenoxy) is 1. The number of methoxy groups -OCH3 is 1. The molecule has 0 atom stereocenters. The van der Waals surface area contributed by atoms with E-state index >= 15 is 0 Å². The van der Waals surface area contributed by atoms with Crippen LogP contribution in [0.4, 0.5) is 0 Å². The third kappa shape index (κ3) is 4.72. The van der Waals surface area contributed by atoms with Crippen LogP contribution in [0.2, 0.25) is 0 Å². The topological polar surface area (TPSA) is 43.4 Å². The molecule has 1 saturated carbocycles. The molecule has 1 fully saturated rings. The Bertz CT molecular complexity index is 275. The van der Waals surface area contributed by atoms with Gasteiger partial charge in [0, 0.05) is 11.8 Å². The van der Waals surface area contributed by atoms with Crippen molar-refractivity contribution in [2.24, 2.45) is 5.41 Å². The molecule has 0 aromatic heterocycles. The zero-order valence-corrected chi connectivity index (χ0v) is 10.6. The van der Waals surface area contributed by atoms with E-state index in [0.29, 0.717) is 12.8 Å². The smallest absolute Gasteiger partial charge is 0.305 e. The first-order valence-electron chi connectivity index (χ1n) is 6.40. The number of aldehydes is 1. The Balaban J connectivity index is 2.29. The van der Waals surface area contributed by atoms with Gasteiger partial charge in [-0.05, 0) is 25.7 Å². The minimum Gasteiger partial charge on any atom is -0.469 e. The van der Waals surface area contributed by atoms with E-state index in [2.05, 4.69) is 4.74 Å². The lowest BCUT2D eigenvalue weighted by Gasteiger charge is -2.30. The Morgan fingerprint density at radius 2 is 1.94 bits per heavy atom. The van der Waals surface area contributed by atoms with Gasteiger partial charge in [-0.3, -0.25) is 4.79 Å². The van der Waals surface area contributed by atoms with Gasteiger partial charge in [0.15, 0.2) is 0 Å². The van der Waals surface area contributed by atoms with E-state index < -0.39 is 0 Å². The predicted octanol–water partition coefficient (Wildman–Crippen LogP) is 3.04. The number of rotatable bonds is 6. The van der Waals surface area contributed by atoms with Crippen molar-refractivity contribution in [2.75, 3.05) is 7.11 Å². The zero-order chi connectivity index (χ0) is 12.6. The minimum absolute atomic E-state index is 0.125. The highest BCUT2D eigenvalue weighted by Gasteiger charge is 2.29. The Morgan fingerprint density at radius 3 is 2.53 bits per heavy atom. The normalized spacial score (nSPS) is 19.1. The maximum absolute atomic E-state index is 11.2. The van der Waals surface area contributed by atoms with Gasteiger partial charge in [0.2, 0.25) is 0 Å². The first kappa shape index (κ1) is 13.9. The van der Waals surface area contributed by atoms with Crippen molar-refractivity contribution in [3.63, 3.8) is 0 Å². The molecule has 0 spiro atoms.